The number of carbonyl (C=O) groups is 1. The van der Waals surface area contributed by atoms with E-state index in [-0.39, 0.29) is 12.5 Å². The van der Waals surface area contributed by atoms with E-state index in [9.17, 15) is 4.79 Å². The molecule has 0 saturated carbocycles. The van der Waals surface area contributed by atoms with Gasteiger partial charge in [0.25, 0.3) is 0 Å². The maximum absolute atomic E-state index is 12.2. The van der Waals surface area contributed by atoms with Crippen molar-refractivity contribution >= 4 is 11.6 Å². The van der Waals surface area contributed by atoms with Gasteiger partial charge in [-0.3, -0.25) is 4.79 Å². The Bertz CT molecular complexity index is 696. The smallest absolute Gasteiger partial charge is 0.239 e. The molecule has 0 unspecified atom stereocenters. The predicted octanol–water partition coefficient (Wildman–Crippen LogP) is 3.86. The van der Waals surface area contributed by atoms with Crippen molar-refractivity contribution in [1.82, 2.24) is 5.32 Å². The van der Waals surface area contributed by atoms with E-state index < -0.39 is 0 Å². The summed E-state index contributed by atoms with van der Waals surface area (Å²) in [5.74, 6) is 1.15. The van der Waals surface area contributed by atoms with Gasteiger partial charge < -0.3 is 15.4 Å². The zero-order chi connectivity index (χ0) is 17.5. The Hall–Kier alpha value is -2.49. The Labute approximate surface area is 144 Å². The molecule has 0 aliphatic carbocycles. The highest BCUT2D eigenvalue weighted by Gasteiger charge is 2.10. The molecule has 4 heteroatoms. The number of hydrogen-bond donors (Lipinski definition) is 2. The summed E-state index contributed by atoms with van der Waals surface area (Å²) in [6.07, 6.45) is 0. The molecule has 24 heavy (non-hydrogen) atoms. The Kier molecular flexibility index (Phi) is 6.24. The molecule has 0 fully saturated rings. The van der Waals surface area contributed by atoms with Gasteiger partial charge in [-0.1, -0.05) is 50.2 Å². The number of ether oxygens (including phenoxy) is 1. The molecule has 1 amide bonds. The van der Waals surface area contributed by atoms with Gasteiger partial charge in [0.15, 0.2) is 0 Å². The second kappa shape index (κ2) is 8.39. The lowest BCUT2D eigenvalue weighted by Gasteiger charge is -2.17. The molecular formula is C20H26N2O2. The van der Waals surface area contributed by atoms with Crippen LogP contribution >= 0.6 is 0 Å². The maximum atomic E-state index is 12.2. The summed E-state index contributed by atoms with van der Waals surface area (Å²) in [5, 5.41) is 6.21. The van der Waals surface area contributed by atoms with Crippen LogP contribution in [0.5, 0.6) is 5.75 Å². The minimum atomic E-state index is -0.0427. The van der Waals surface area contributed by atoms with Crippen molar-refractivity contribution in [2.45, 2.75) is 33.2 Å². The number of para-hydroxylation sites is 2. The third-order valence-corrected chi connectivity index (χ3v) is 4.02. The highest BCUT2D eigenvalue weighted by atomic mass is 16.5. The Morgan fingerprint density at radius 1 is 1.12 bits per heavy atom. The first-order chi connectivity index (χ1) is 11.5. The van der Waals surface area contributed by atoms with Crippen LogP contribution in [0.15, 0.2) is 42.5 Å². The van der Waals surface area contributed by atoms with Gasteiger partial charge in [-0.2, -0.15) is 0 Å². The molecule has 2 aromatic rings. The van der Waals surface area contributed by atoms with E-state index in [1.807, 2.05) is 24.3 Å². The summed E-state index contributed by atoms with van der Waals surface area (Å²) in [4.78, 5) is 12.2. The molecule has 0 bridgehead atoms. The van der Waals surface area contributed by atoms with Crippen LogP contribution in [0, 0.1) is 6.92 Å². The van der Waals surface area contributed by atoms with Crippen molar-refractivity contribution in [3.63, 3.8) is 0 Å². The second-order valence-electron chi connectivity index (χ2n) is 6.14. The van der Waals surface area contributed by atoms with Crippen LogP contribution in [0.1, 0.15) is 36.5 Å². The van der Waals surface area contributed by atoms with Crippen LogP contribution < -0.4 is 15.4 Å². The highest BCUT2D eigenvalue weighted by molar-refractivity contribution is 5.81. The van der Waals surface area contributed by atoms with Crippen molar-refractivity contribution in [3.05, 3.63) is 59.2 Å². The Balaban J connectivity index is 1.95. The lowest BCUT2D eigenvalue weighted by molar-refractivity contribution is -0.119. The van der Waals surface area contributed by atoms with E-state index in [1.165, 1.54) is 5.56 Å². The summed E-state index contributed by atoms with van der Waals surface area (Å²) in [6.45, 7) is 7.07. The number of amides is 1. The first-order valence-electron chi connectivity index (χ1n) is 8.25. The van der Waals surface area contributed by atoms with Gasteiger partial charge in [0.05, 0.1) is 13.7 Å². The third-order valence-electron chi connectivity index (χ3n) is 4.02. The molecule has 2 aromatic carbocycles. The van der Waals surface area contributed by atoms with Gasteiger partial charge in [0, 0.05) is 17.8 Å². The Morgan fingerprint density at radius 3 is 2.58 bits per heavy atom. The van der Waals surface area contributed by atoms with E-state index in [2.05, 4.69) is 49.6 Å². The summed E-state index contributed by atoms with van der Waals surface area (Å²) in [6, 6.07) is 13.9. The van der Waals surface area contributed by atoms with Gasteiger partial charge in [0.2, 0.25) is 5.91 Å². The molecule has 0 atom stereocenters. The van der Waals surface area contributed by atoms with Crippen molar-refractivity contribution in [2.24, 2.45) is 0 Å². The molecule has 128 valence electrons. The average molecular weight is 326 g/mol. The number of nitrogens with one attached hydrogen (secondary N) is 2. The number of hydrogen-bond acceptors (Lipinski definition) is 3. The summed E-state index contributed by atoms with van der Waals surface area (Å²) < 4.78 is 5.30. The van der Waals surface area contributed by atoms with Crippen LogP contribution in [0.3, 0.4) is 0 Å². The highest BCUT2D eigenvalue weighted by Crippen LogP contribution is 2.27. The molecule has 4 nitrogen and oxygen atoms in total. The van der Waals surface area contributed by atoms with E-state index in [0.717, 1.165) is 22.6 Å². The lowest BCUT2D eigenvalue weighted by Crippen LogP contribution is -2.30. The molecule has 0 saturated heterocycles. The van der Waals surface area contributed by atoms with Crippen molar-refractivity contribution in [2.75, 3.05) is 19.0 Å². The molecule has 0 spiro atoms. The first-order valence-corrected chi connectivity index (χ1v) is 8.25. The van der Waals surface area contributed by atoms with E-state index in [4.69, 9.17) is 4.74 Å². The van der Waals surface area contributed by atoms with Crippen LogP contribution in [-0.2, 0) is 11.3 Å². The predicted molar refractivity (Wildman–Crippen MR) is 98.6 cm³/mol. The summed E-state index contributed by atoms with van der Waals surface area (Å²) in [5.41, 5.74) is 4.40. The van der Waals surface area contributed by atoms with Gasteiger partial charge in [-0.25, -0.2) is 0 Å². The monoisotopic (exact) mass is 326 g/mol. The quantitative estimate of drug-likeness (QED) is 0.812. The van der Waals surface area contributed by atoms with Crippen molar-refractivity contribution in [1.29, 1.82) is 0 Å². The average Bonchev–Trinajstić information content (AvgIpc) is 2.58. The molecule has 0 aliphatic heterocycles. The van der Waals surface area contributed by atoms with Gasteiger partial charge in [-0.05, 0) is 30.0 Å². The fourth-order valence-corrected chi connectivity index (χ4v) is 2.69. The first kappa shape index (κ1) is 17.9. The maximum Gasteiger partial charge on any atom is 0.239 e. The number of benzene rings is 2. The standard InChI is InChI=1S/C20H26N2O2/c1-14(2)17-10-7-8-15(3)20(17)22-13-19(23)21-12-16-9-5-6-11-18(16)24-4/h5-11,14,22H,12-13H2,1-4H3,(H,21,23). The van der Waals surface area contributed by atoms with E-state index in [0.29, 0.717) is 12.5 Å². The molecule has 0 aliphatic rings. The minimum Gasteiger partial charge on any atom is -0.496 e. The molecule has 2 rings (SSSR count). The molecule has 0 aromatic heterocycles. The lowest BCUT2D eigenvalue weighted by atomic mass is 9.98. The fraction of sp³-hybridized carbons (Fsp3) is 0.350. The van der Waals surface area contributed by atoms with Crippen LogP contribution in [0.25, 0.3) is 0 Å². The molecular weight excluding hydrogens is 300 g/mol. The third kappa shape index (κ3) is 4.51. The van der Waals surface area contributed by atoms with Gasteiger partial charge in [-0.15, -0.1) is 0 Å². The fourth-order valence-electron chi connectivity index (χ4n) is 2.69. The normalized spacial score (nSPS) is 10.5. The van der Waals surface area contributed by atoms with Crippen LogP contribution in [-0.4, -0.2) is 19.6 Å². The zero-order valence-electron chi connectivity index (χ0n) is 14.8. The summed E-state index contributed by atoms with van der Waals surface area (Å²) >= 11 is 0. The van der Waals surface area contributed by atoms with E-state index in [1.54, 1.807) is 7.11 Å². The zero-order valence-corrected chi connectivity index (χ0v) is 14.8. The van der Waals surface area contributed by atoms with Gasteiger partial charge >= 0.3 is 0 Å². The number of anilines is 1. The SMILES string of the molecule is COc1ccccc1CNC(=O)CNc1c(C)cccc1C(C)C. The summed E-state index contributed by atoms with van der Waals surface area (Å²) in [7, 11) is 1.63. The number of rotatable bonds is 7. The molecule has 0 heterocycles. The Morgan fingerprint density at radius 2 is 1.88 bits per heavy atom. The van der Waals surface area contributed by atoms with Crippen molar-refractivity contribution < 1.29 is 9.53 Å². The molecule has 2 N–H and O–H groups in total. The largest absolute Gasteiger partial charge is 0.496 e. The minimum absolute atomic E-state index is 0.0427. The topological polar surface area (TPSA) is 50.4 Å². The van der Waals surface area contributed by atoms with Gasteiger partial charge in [0.1, 0.15) is 5.75 Å². The molecule has 0 radical (unpaired) electrons. The van der Waals surface area contributed by atoms with Crippen molar-refractivity contribution in [3.8, 4) is 5.75 Å². The number of aryl methyl sites for hydroxylation is 1. The van der Waals surface area contributed by atoms with E-state index >= 15 is 0 Å². The number of methoxy groups -OCH3 is 1. The number of carbonyl (C=O) groups excluding carboxylic acids is 1. The van der Waals surface area contributed by atoms with Crippen LogP contribution in [0.2, 0.25) is 0 Å². The van der Waals surface area contributed by atoms with Crippen LogP contribution in [0.4, 0.5) is 5.69 Å². The second-order valence-corrected chi connectivity index (χ2v) is 6.14.